The highest BCUT2D eigenvalue weighted by Gasteiger charge is 2.21. The predicted molar refractivity (Wildman–Crippen MR) is 119 cm³/mol. The Bertz CT molecular complexity index is 1270. The van der Waals surface area contributed by atoms with E-state index in [2.05, 4.69) is 15.4 Å². The lowest BCUT2D eigenvalue weighted by molar-refractivity contribution is 0.102. The van der Waals surface area contributed by atoms with E-state index in [0.717, 1.165) is 34.2 Å². The van der Waals surface area contributed by atoms with E-state index in [1.807, 2.05) is 61.2 Å². The van der Waals surface area contributed by atoms with Gasteiger partial charge in [-0.15, -0.1) is 11.3 Å². The highest BCUT2D eigenvalue weighted by Crippen LogP contribution is 2.35. The molecule has 9 heteroatoms. The number of hydrogen-bond acceptors (Lipinski definition) is 6. The van der Waals surface area contributed by atoms with Crippen molar-refractivity contribution in [2.75, 3.05) is 18.5 Å². The standard InChI is InChI=1S/C22H21N5O3S/c1-13-4-5-14(2)27(13)21-16(11-23-26(21)3)20(28)25-22-24-17(12-31-22)15-6-7-18-19(10-15)30-9-8-29-18/h4-7,10-12H,8-9H2,1-3H3,(H,24,25,28). The second-order valence-corrected chi connectivity index (χ2v) is 8.17. The van der Waals surface area contributed by atoms with Gasteiger partial charge in [-0.25, -0.2) is 4.98 Å². The third-order valence-electron chi connectivity index (χ3n) is 5.20. The van der Waals surface area contributed by atoms with Crippen molar-refractivity contribution < 1.29 is 14.3 Å². The SMILES string of the molecule is Cc1ccc(C)n1-c1c(C(=O)Nc2nc(-c3ccc4c(c3)OCCO4)cs2)cnn1C. The van der Waals surface area contributed by atoms with Crippen LogP contribution in [0.2, 0.25) is 0 Å². The first-order valence-corrected chi connectivity index (χ1v) is 10.7. The quantitative estimate of drug-likeness (QED) is 0.524. The Morgan fingerprint density at radius 3 is 2.61 bits per heavy atom. The Hall–Kier alpha value is -3.59. The largest absolute Gasteiger partial charge is 0.486 e. The Morgan fingerprint density at radius 1 is 1.10 bits per heavy atom. The van der Waals surface area contributed by atoms with Crippen molar-refractivity contribution in [3.63, 3.8) is 0 Å². The number of carbonyl (C=O) groups is 1. The number of hydrogen-bond donors (Lipinski definition) is 1. The number of aromatic nitrogens is 4. The number of fused-ring (bicyclic) bond motifs is 1. The Labute approximate surface area is 183 Å². The van der Waals surface area contributed by atoms with Gasteiger partial charge in [0.25, 0.3) is 5.91 Å². The number of amides is 1. The van der Waals surface area contributed by atoms with Gasteiger partial charge >= 0.3 is 0 Å². The monoisotopic (exact) mass is 435 g/mol. The van der Waals surface area contributed by atoms with Crippen LogP contribution in [-0.4, -0.2) is 38.5 Å². The van der Waals surface area contributed by atoms with Gasteiger partial charge in [-0.1, -0.05) is 0 Å². The lowest BCUT2D eigenvalue weighted by Crippen LogP contribution is -2.16. The molecule has 5 rings (SSSR count). The molecule has 8 nitrogen and oxygen atoms in total. The van der Waals surface area contributed by atoms with Gasteiger partial charge in [-0.3, -0.25) is 14.8 Å². The molecule has 0 saturated heterocycles. The summed E-state index contributed by atoms with van der Waals surface area (Å²) < 4.78 is 15.0. The predicted octanol–water partition coefficient (Wildman–Crippen LogP) is 3.97. The first-order valence-electron chi connectivity index (χ1n) is 9.85. The lowest BCUT2D eigenvalue weighted by Gasteiger charge is -2.18. The molecule has 0 fully saturated rings. The van der Waals surface area contributed by atoms with Crippen molar-refractivity contribution >= 4 is 22.4 Å². The van der Waals surface area contributed by atoms with Gasteiger partial charge in [0.15, 0.2) is 16.6 Å². The molecular weight excluding hydrogens is 414 g/mol. The van der Waals surface area contributed by atoms with Crippen LogP contribution in [0.25, 0.3) is 17.1 Å². The molecule has 4 aromatic rings. The van der Waals surface area contributed by atoms with E-state index < -0.39 is 0 Å². The molecule has 1 aromatic carbocycles. The maximum Gasteiger partial charge on any atom is 0.262 e. The van der Waals surface area contributed by atoms with Crippen molar-refractivity contribution in [1.29, 1.82) is 0 Å². The van der Waals surface area contributed by atoms with Crippen LogP contribution in [0.15, 0.2) is 41.9 Å². The number of anilines is 1. The molecule has 0 atom stereocenters. The van der Waals surface area contributed by atoms with Crippen molar-refractivity contribution in [2.45, 2.75) is 13.8 Å². The van der Waals surface area contributed by atoms with Crippen LogP contribution in [0.5, 0.6) is 11.5 Å². The Morgan fingerprint density at radius 2 is 1.84 bits per heavy atom. The number of aryl methyl sites for hydroxylation is 3. The van der Waals surface area contributed by atoms with Crippen molar-refractivity contribution in [2.24, 2.45) is 7.05 Å². The number of benzene rings is 1. The normalized spacial score (nSPS) is 12.7. The van der Waals surface area contributed by atoms with Crippen LogP contribution in [0.4, 0.5) is 5.13 Å². The maximum atomic E-state index is 13.1. The van der Waals surface area contributed by atoms with E-state index in [9.17, 15) is 4.79 Å². The topological polar surface area (TPSA) is 83.2 Å². The number of rotatable bonds is 4. The van der Waals surface area contributed by atoms with E-state index in [1.54, 1.807) is 10.9 Å². The summed E-state index contributed by atoms with van der Waals surface area (Å²) in [4.78, 5) is 17.6. The van der Waals surface area contributed by atoms with Crippen LogP contribution in [0.3, 0.4) is 0 Å². The molecular formula is C22H21N5O3S. The van der Waals surface area contributed by atoms with Gasteiger partial charge in [-0.05, 0) is 44.2 Å². The third-order valence-corrected chi connectivity index (χ3v) is 5.96. The summed E-state index contributed by atoms with van der Waals surface area (Å²) >= 11 is 1.37. The van der Waals surface area contributed by atoms with Gasteiger partial charge in [-0.2, -0.15) is 5.10 Å². The average Bonchev–Trinajstić information content (AvgIpc) is 3.47. The van der Waals surface area contributed by atoms with E-state index in [1.165, 1.54) is 11.3 Å². The minimum absolute atomic E-state index is 0.251. The molecule has 1 aliphatic rings. The molecule has 0 bridgehead atoms. The molecule has 4 heterocycles. The summed E-state index contributed by atoms with van der Waals surface area (Å²) in [7, 11) is 1.83. The van der Waals surface area contributed by atoms with Crippen molar-refractivity contribution in [1.82, 2.24) is 19.3 Å². The molecule has 158 valence electrons. The highest BCUT2D eigenvalue weighted by atomic mass is 32.1. The second kappa shape index (κ2) is 7.59. The highest BCUT2D eigenvalue weighted by molar-refractivity contribution is 7.14. The molecule has 0 spiro atoms. The molecule has 3 aromatic heterocycles. The van der Waals surface area contributed by atoms with E-state index in [4.69, 9.17) is 9.47 Å². The van der Waals surface area contributed by atoms with Crippen LogP contribution in [0.1, 0.15) is 21.7 Å². The summed E-state index contributed by atoms with van der Waals surface area (Å²) in [5, 5.41) is 9.64. The van der Waals surface area contributed by atoms with E-state index >= 15 is 0 Å². The van der Waals surface area contributed by atoms with Gasteiger partial charge in [0.1, 0.15) is 24.6 Å². The third kappa shape index (κ3) is 3.46. The Kier molecular flexibility index (Phi) is 4.74. The molecule has 0 radical (unpaired) electrons. The molecule has 1 N–H and O–H groups in total. The maximum absolute atomic E-state index is 13.1. The molecule has 31 heavy (non-hydrogen) atoms. The number of nitrogens with one attached hydrogen (secondary N) is 1. The van der Waals surface area contributed by atoms with Crippen molar-refractivity contribution in [3.8, 4) is 28.6 Å². The zero-order valence-electron chi connectivity index (χ0n) is 17.4. The van der Waals surface area contributed by atoms with Gasteiger partial charge in [0.05, 0.1) is 11.9 Å². The summed E-state index contributed by atoms with van der Waals surface area (Å²) in [5.74, 6) is 1.91. The van der Waals surface area contributed by atoms with Crippen LogP contribution < -0.4 is 14.8 Å². The minimum atomic E-state index is -0.251. The molecule has 1 aliphatic heterocycles. The fraction of sp³-hybridized carbons (Fsp3) is 0.227. The lowest BCUT2D eigenvalue weighted by atomic mass is 10.1. The summed E-state index contributed by atoms with van der Waals surface area (Å²) in [6.07, 6.45) is 1.58. The molecule has 1 amide bonds. The van der Waals surface area contributed by atoms with E-state index in [0.29, 0.717) is 29.7 Å². The van der Waals surface area contributed by atoms with E-state index in [-0.39, 0.29) is 5.91 Å². The van der Waals surface area contributed by atoms with Crippen LogP contribution in [0, 0.1) is 13.8 Å². The molecule has 0 aliphatic carbocycles. The smallest absolute Gasteiger partial charge is 0.262 e. The summed E-state index contributed by atoms with van der Waals surface area (Å²) in [6, 6.07) is 9.76. The molecule has 0 saturated carbocycles. The van der Waals surface area contributed by atoms with Gasteiger partial charge in [0, 0.05) is 29.4 Å². The zero-order chi connectivity index (χ0) is 21.5. The first-order chi connectivity index (χ1) is 15.0. The van der Waals surface area contributed by atoms with Gasteiger partial charge < -0.3 is 14.0 Å². The number of ether oxygens (including phenoxy) is 2. The number of nitrogens with zero attached hydrogens (tertiary/aromatic N) is 4. The summed E-state index contributed by atoms with van der Waals surface area (Å²) in [5.41, 5.74) is 4.22. The zero-order valence-corrected chi connectivity index (χ0v) is 18.2. The molecule has 0 unspecified atom stereocenters. The van der Waals surface area contributed by atoms with Crippen molar-refractivity contribution in [3.05, 3.63) is 58.9 Å². The Balaban J connectivity index is 1.40. The summed E-state index contributed by atoms with van der Waals surface area (Å²) in [6.45, 7) is 5.09. The fourth-order valence-corrected chi connectivity index (χ4v) is 4.40. The second-order valence-electron chi connectivity index (χ2n) is 7.31. The van der Waals surface area contributed by atoms with Crippen LogP contribution >= 0.6 is 11.3 Å². The first kappa shape index (κ1) is 19.4. The van der Waals surface area contributed by atoms with Crippen LogP contribution in [-0.2, 0) is 7.05 Å². The average molecular weight is 436 g/mol. The number of carbonyl (C=O) groups excluding carboxylic acids is 1. The fourth-order valence-electron chi connectivity index (χ4n) is 3.69. The number of thiazole rings is 1. The minimum Gasteiger partial charge on any atom is -0.486 e. The van der Waals surface area contributed by atoms with Gasteiger partial charge in [0.2, 0.25) is 0 Å².